The minimum absolute atomic E-state index is 0.00206. The summed E-state index contributed by atoms with van der Waals surface area (Å²) in [5, 5.41) is 5.97. The number of halogens is 4. The van der Waals surface area contributed by atoms with Crippen LogP contribution >= 0.6 is 0 Å². The Morgan fingerprint density at radius 1 is 1.07 bits per heavy atom. The second-order valence-electron chi connectivity index (χ2n) is 8.95. The highest BCUT2D eigenvalue weighted by molar-refractivity contribution is 6.05. The Bertz CT molecular complexity index is 1820. The molecule has 15 heteroatoms. The zero-order chi connectivity index (χ0) is 29.5. The third-order valence-electron chi connectivity index (χ3n) is 5.95. The van der Waals surface area contributed by atoms with Gasteiger partial charge in [0.05, 0.1) is 18.9 Å². The highest BCUT2D eigenvalue weighted by Gasteiger charge is 2.41. The number of rotatable bonds is 7. The monoisotopic (exact) mass is 571 g/mol. The number of carbonyl (C=O) groups is 1. The van der Waals surface area contributed by atoms with Gasteiger partial charge in [0.25, 0.3) is 5.91 Å². The number of pyridine rings is 2. The third-order valence-corrected chi connectivity index (χ3v) is 5.95. The summed E-state index contributed by atoms with van der Waals surface area (Å²) in [6.45, 7) is 3.56. The molecular formula is C26H21F4N7O4. The fourth-order valence-electron chi connectivity index (χ4n) is 4.23. The van der Waals surface area contributed by atoms with Crippen LogP contribution in [0.15, 0.2) is 59.8 Å². The van der Waals surface area contributed by atoms with Gasteiger partial charge in [-0.2, -0.15) is 18.3 Å². The molecule has 2 N–H and O–H groups in total. The summed E-state index contributed by atoms with van der Waals surface area (Å²) in [6, 6.07) is 7.39. The van der Waals surface area contributed by atoms with E-state index in [4.69, 9.17) is 9.47 Å². The van der Waals surface area contributed by atoms with Gasteiger partial charge in [-0.3, -0.25) is 14.3 Å². The number of nitrogens with one attached hydrogen (secondary N) is 2. The molecule has 0 fully saturated rings. The molecule has 11 nitrogen and oxygen atoms in total. The highest BCUT2D eigenvalue weighted by atomic mass is 19.4. The van der Waals surface area contributed by atoms with E-state index in [0.29, 0.717) is 10.2 Å². The van der Waals surface area contributed by atoms with Crippen molar-refractivity contribution >= 4 is 22.8 Å². The molecule has 5 rings (SSSR count). The molecule has 0 spiro atoms. The number of H-pyrrole nitrogens is 1. The lowest BCUT2D eigenvalue weighted by Gasteiger charge is -2.14. The van der Waals surface area contributed by atoms with Gasteiger partial charge in [-0.05, 0) is 38.1 Å². The molecule has 0 bridgehead atoms. The quantitative estimate of drug-likeness (QED) is 0.260. The number of hydrogen-bond donors (Lipinski definition) is 2. The van der Waals surface area contributed by atoms with Crippen LogP contribution in [0.3, 0.4) is 0 Å². The predicted octanol–water partition coefficient (Wildman–Crippen LogP) is 5.10. The number of nitrogens with zero attached hydrogens (tertiary/aromatic N) is 5. The normalized spacial score (nSPS) is 11.7. The van der Waals surface area contributed by atoms with E-state index in [1.54, 1.807) is 13.8 Å². The first-order chi connectivity index (χ1) is 19.5. The highest BCUT2D eigenvalue weighted by Crippen LogP contribution is 2.36. The Morgan fingerprint density at radius 2 is 1.85 bits per heavy atom. The van der Waals surface area contributed by atoms with Crippen molar-refractivity contribution in [2.24, 2.45) is 0 Å². The number of aromatic nitrogens is 6. The number of imidazole rings is 1. The molecule has 0 saturated heterocycles. The smallest absolute Gasteiger partial charge is 0.434 e. The zero-order valence-corrected chi connectivity index (χ0v) is 21.7. The number of carbonyl (C=O) groups excluding carboxylic acids is 1. The topological polar surface area (TPSA) is 129 Å². The lowest BCUT2D eigenvalue weighted by Crippen LogP contribution is -2.21. The summed E-state index contributed by atoms with van der Waals surface area (Å²) in [4.78, 5) is 35.8. The van der Waals surface area contributed by atoms with Crippen molar-refractivity contribution < 1.29 is 31.8 Å². The van der Waals surface area contributed by atoms with Crippen LogP contribution in [0.2, 0.25) is 0 Å². The van der Waals surface area contributed by atoms with Crippen LogP contribution in [-0.4, -0.2) is 42.3 Å². The van der Waals surface area contributed by atoms with Gasteiger partial charge < -0.3 is 14.8 Å². The summed E-state index contributed by atoms with van der Waals surface area (Å²) in [6.07, 6.45) is -1.63. The molecular weight excluding hydrogens is 550 g/mol. The number of benzene rings is 1. The van der Waals surface area contributed by atoms with Crippen molar-refractivity contribution in [3.05, 3.63) is 82.5 Å². The van der Waals surface area contributed by atoms with Crippen molar-refractivity contribution in [2.45, 2.75) is 26.1 Å². The number of hydrogen-bond acceptors (Lipinski definition) is 7. The van der Waals surface area contributed by atoms with E-state index in [9.17, 15) is 22.8 Å². The average Bonchev–Trinajstić information content (AvgIpc) is 3.52. The predicted molar refractivity (Wildman–Crippen MR) is 138 cm³/mol. The van der Waals surface area contributed by atoms with Gasteiger partial charge in [0.15, 0.2) is 40.2 Å². The van der Waals surface area contributed by atoms with E-state index in [1.807, 2.05) is 0 Å². The third kappa shape index (κ3) is 5.08. The van der Waals surface area contributed by atoms with Crippen LogP contribution in [0, 0.1) is 5.82 Å². The maximum Gasteiger partial charge on any atom is 0.434 e. The van der Waals surface area contributed by atoms with Gasteiger partial charge in [0.2, 0.25) is 0 Å². The number of methoxy groups -OCH3 is 1. The van der Waals surface area contributed by atoms with Crippen LogP contribution in [0.1, 0.15) is 35.9 Å². The number of aromatic amines is 1. The second kappa shape index (κ2) is 10.4. The number of ether oxygens (including phenoxy) is 2. The average molecular weight is 571 g/mol. The first-order valence-corrected chi connectivity index (χ1v) is 12.0. The molecule has 4 aromatic heterocycles. The molecule has 0 atom stereocenters. The first-order valence-electron chi connectivity index (χ1n) is 12.0. The lowest BCUT2D eigenvalue weighted by molar-refractivity contribution is -0.143. The molecule has 0 aliphatic carbocycles. The molecule has 0 unspecified atom stereocenters. The zero-order valence-electron chi connectivity index (χ0n) is 21.7. The maximum absolute atomic E-state index is 15.0. The molecule has 4 heterocycles. The molecule has 1 amide bonds. The molecule has 0 radical (unpaired) electrons. The molecule has 0 saturated carbocycles. The fourth-order valence-corrected chi connectivity index (χ4v) is 4.23. The molecule has 0 aliphatic heterocycles. The number of fused-ring (bicyclic) bond motifs is 1. The fraction of sp³-hybridized carbons (Fsp3) is 0.192. The van der Waals surface area contributed by atoms with Gasteiger partial charge in [-0.25, -0.2) is 23.8 Å². The number of alkyl halides is 3. The van der Waals surface area contributed by atoms with E-state index >= 15 is 4.39 Å². The van der Waals surface area contributed by atoms with E-state index in [1.165, 1.54) is 54.4 Å². The second-order valence-corrected chi connectivity index (χ2v) is 8.95. The van der Waals surface area contributed by atoms with Crippen molar-refractivity contribution in [2.75, 3.05) is 12.4 Å². The first kappa shape index (κ1) is 27.4. The molecule has 1 aromatic carbocycles. The molecule has 0 aliphatic rings. The lowest BCUT2D eigenvalue weighted by atomic mass is 10.2. The minimum atomic E-state index is -5.00. The van der Waals surface area contributed by atoms with Crippen LogP contribution in [0.4, 0.5) is 23.2 Å². The van der Waals surface area contributed by atoms with Gasteiger partial charge in [0.1, 0.15) is 5.52 Å². The minimum Gasteiger partial charge on any atom is -0.493 e. The Labute approximate surface area is 228 Å². The Kier molecular flexibility index (Phi) is 6.94. The van der Waals surface area contributed by atoms with Crippen LogP contribution in [0.25, 0.3) is 17.0 Å². The van der Waals surface area contributed by atoms with Gasteiger partial charge >= 0.3 is 11.9 Å². The summed E-state index contributed by atoms with van der Waals surface area (Å²) in [5.41, 5.74) is -2.20. The maximum atomic E-state index is 15.0. The number of anilines is 1. The molecule has 41 heavy (non-hydrogen) atoms. The van der Waals surface area contributed by atoms with Crippen molar-refractivity contribution in [1.82, 2.24) is 29.3 Å². The summed E-state index contributed by atoms with van der Waals surface area (Å²) in [5.74, 6) is -2.50. The van der Waals surface area contributed by atoms with E-state index in [0.717, 1.165) is 12.3 Å². The largest absolute Gasteiger partial charge is 0.493 e. The standard InChI is InChI=1S/C26H21F4N7O4/c1-13(2)36-20-18(8-10-31-22(20)35-25(36)39)41-17-7-6-14(11-16(17)27)34-24(38)15-12-33-37(21(15)26(28,29)30)23-19(40-3)5-4-9-32-23/h4-13H,1-3H3,(H,34,38)(H,31,35,39). The van der Waals surface area contributed by atoms with Crippen molar-refractivity contribution in [3.8, 4) is 23.1 Å². The summed E-state index contributed by atoms with van der Waals surface area (Å²) in [7, 11) is 1.26. The Morgan fingerprint density at radius 3 is 2.54 bits per heavy atom. The SMILES string of the molecule is COc1cccnc1-n1ncc(C(=O)Nc2ccc(Oc3ccnc4[nH]c(=O)n(C(C)C)c34)c(F)c2)c1C(F)(F)F. The Hall–Kier alpha value is -5.21. The van der Waals surface area contributed by atoms with Gasteiger partial charge in [-0.1, -0.05) is 0 Å². The van der Waals surface area contributed by atoms with Crippen LogP contribution < -0.4 is 20.5 Å². The van der Waals surface area contributed by atoms with Crippen LogP contribution in [-0.2, 0) is 6.18 Å². The van der Waals surface area contributed by atoms with Crippen LogP contribution in [0.5, 0.6) is 17.2 Å². The van der Waals surface area contributed by atoms with Gasteiger partial charge in [-0.15, -0.1) is 0 Å². The molecule has 212 valence electrons. The van der Waals surface area contributed by atoms with E-state index in [-0.39, 0.29) is 40.4 Å². The molecule has 5 aromatic rings. The summed E-state index contributed by atoms with van der Waals surface area (Å²) < 4.78 is 69.9. The van der Waals surface area contributed by atoms with E-state index in [2.05, 4.69) is 25.4 Å². The van der Waals surface area contributed by atoms with Gasteiger partial charge in [0, 0.05) is 36.3 Å². The van der Waals surface area contributed by atoms with E-state index < -0.39 is 34.8 Å². The summed E-state index contributed by atoms with van der Waals surface area (Å²) >= 11 is 0. The van der Waals surface area contributed by atoms with Crippen molar-refractivity contribution in [1.29, 1.82) is 0 Å². The Balaban J connectivity index is 1.44. The number of amides is 1. The van der Waals surface area contributed by atoms with Crippen molar-refractivity contribution in [3.63, 3.8) is 0 Å².